The molecule has 90 valence electrons. The van der Waals surface area contributed by atoms with Crippen molar-refractivity contribution in [2.75, 3.05) is 13.7 Å². The monoisotopic (exact) mass is 217 g/mol. The van der Waals surface area contributed by atoms with E-state index < -0.39 is 0 Å². The minimum Gasteiger partial charge on any atom is -0.396 e. The molecule has 0 aliphatic carbocycles. The molecule has 0 aliphatic heterocycles. The van der Waals surface area contributed by atoms with Crippen LogP contribution in [0.5, 0.6) is 0 Å². The van der Waals surface area contributed by atoms with Gasteiger partial charge in [0.2, 0.25) is 5.91 Å². The molecule has 0 spiro atoms. The highest BCUT2D eigenvalue weighted by molar-refractivity contribution is 5.76. The molecule has 0 aromatic heterocycles. The van der Waals surface area contributed by atoms with Gasteiger partial charge in [0.1, 0.15) is 0 Å². The van der Waals surface area contributed by atoms with E-state index in [1.165, 1.54) is 0 Å². The Kier molecular flexibility index (Phi) is 8.33. The molecular weight excluding hydrogens is 194 g/mol. The van der Waals surface area contributed by atoms with Gasteiger partial charge in [0.25, 0.3) is 0 Å². The number of nitrogens with one attached hydrogen (secondary N) is 1. The molecule has 0 heterocycles. The van der Waals surface area contributed by atoms with Gasteiger partial charge in [-0.2, -0.15) is 0 Å². The lowest BCUT2D eigenvalue weighted by Crippen LogP contribution is -2.35. The molecule has 0 fully saturated rings. The Morgan fingerprint density at radius 1 is 1.47 bits per heavy atom. The summed E-state index contributed by atoms with van der Waals surface area (Å²) in [5, 5.41) is 11.7. The van der Waals surface area contributed by atoms with Crippen LogP contribution in [0.2, 0.25) is 0 Å². The molecule has 1 amide bonds. The van der Waals surface area contributed by atoms with Gasteiger partial charge in [-0.05, 0) is 26.2 Å². The van der Waals surface area contributed by atoms with E-state index in [0.29, 0.717) is 12.8 Å². The van der Waals surface area contributed by atoms with Crippen molar-refractivity contribution < 1.29 is 14.6 Å². The predicted octanol–water partition coefficient (Wildman–Crippen LogP) is 1.08. The second kappa shape index (κ2) is 8.68. The molecule has 0 radical (unpaired) electrons. The second-order valence-corrected chi connectivity index (χ2v) is 3.77. The van der Waals surface area contributed by atoms with Crippen LogP contribution < -0.4 is 5.32 Å². The first-order chi connectivity index (χ1) is 7.13. The molecule has 2 atom stereocenters. The molecule has 0 aromatic carbocycles. The smallest absolute Gasteiger partial charge is 0.220 e. The minimum absolute atomic E-state index is 0.0409. The average Bonchev–Trinajstić information content (AvgIpc) is 2.25. The van der Waals surface area contributed by atoms with Gasteiger partial charge in [0.15, 0.2) is 0 Å². The van der Waals surface area contributed by atoms with Crippen molar-refractivity contribution in [1.82, 2.24) is 5.32 Å². The number of methoxy groups -OCH3 is 1. The van der Waals surface area contributed by atoms with Gasteiger partial charge in [-0.1, -0.05) is 6.92 Å². The third-order valence-electron chi connectivity index (χ3n) is 2.52. The van der Waals surface area contributed by atoms with Crippen molar-refractivity contribution >= 4 is 5.91 Å². The van der Waals surface area contributed by atoms with Crippen LogP contribution in [0.15, 0.2) is 0 Å². The summed E-state index contributed by atoms with van der Waals surface area (Å²) in [6, 6.07) is 0.0975. The van der Waals surface area contributed by atoms with Crippen LogP contribution in [0.3, 0.4) is 0 Å². The molecule has 15 heavy (non-hydrogen) atoms. The third-order valence-corrected chi connectivity index (χ3v) is 2.52. The van der Waals surface area contributed by atoms with Crippen molar-refractivity contribution in [3.8, 4) is 0 Å². The summed E-state index contributed by atoms with van der Waals surface area (Å²) in [4.78, 5) is 11.5. The molecule has 4 heteroatoms. The first kappa shape index (κ1) is 14.4. The zero-order valence-corrected chi connectivity index (χ0v) is 9.95. The number of hydrogen-bond acceptors (Lipinski definition) is 3. The SMILES string of the molecule is CCC(CCO)NC(=O)CCC(C)OC. The Bertz CT molecular complexity index is 173. The summed E-state index contributed by atoms with van der Waals surface area (Å²) in [6.45, 7) is 4.06. The number of amides is 1. The molecule has 2 N–H and O–H groups in total. The van der Waals surface area contributed by atoms with Crippen LogP contribution in [-0.4, -0.2) is 36.9 Å². The molecule has 0 aromatic rings. The Hall–Kier alpha value is -0.610. The molecule has 4 nitrogen and oxygen atoms in total. The minimum atomic E-state index is 0.0409. The van der Waals surface area contributed by atoms with Gasteiger partial charge in [-0.15, -0.1) is 0 Å². The second-order valence-electron chi connectivity index (χ2n) is 3.77. The lowest BCUT2D eigenvalue weighted by atomic mass is 10.1. The van der Waals surface area contributed by atoms with Crippen LogP contribution >= 0.6 is 0 Å². The topological polar surface area (TPSA) is 58.6 Å². The fourth-order valence-corrected chi connectivity index (χ4v) is 1.29. The summed E-state index contributed by atoms with van der Waals surface area (Å²) in [7, 11) is 1.64. The van der Waals surface area contributed by atoms with Crippen molar-refractivity contribution in [3.05, 3.63) is 0 Å². The lowest BCUT2D eigenvalue weighted by molar-refractivity contribution is -0.122. The van der Waals surface area contributed by atoms with E-state index in [-0.39, 0.29) is 24.7 Å². The van der Waals surface area contributed by atoms with Crippen molar-refractivity contribution in [2.24, 2.45) is 0 Å². The van der Waals surface area contributed by atoms with Gasteiger partial charge >= 0.3 is 0 Å². The van der Waals surface area contributed by atoms with E-state index in [1.807, 2.05) is 13.8 Å². The molecule has 0 aliphatic rings. The molecule has 0 bridgehead atoms. The van der Waals surface area contributed by atoms with E-state index in [0.717, 1.165) is 12.8 Å². The average molecular weight is 217 g/mol. The zero-order valence-electron chi connectivity index (χ0n) is 9.95. The van der Waals surface area contributed by atoms with Crippen LogP contribution in [-0.2, 0) is 9.53 Å². The maximum atomic E-state index is 11.5. The summed E-state index contributed by atoms with van der Waals surface area (Å²) in [5.41, 5.74) is 0. The van der Waals surface area contributed by atoms with Crippen LogP contribution in [0.1, 0.15) is 39.5 Å². The Balaban J connectivity index is 3.70. The number of rotatable bonds is 8. The van der Waals surface area contributed by atoms with Gasteiger partial charge < -0.3 is 15.2 Å². The summed E-state index contributed by atoms with van der Waals surface area (Å²) in [6.07, 6.45) is 2.82. The van der Waals surface area contributed by atoms with Crippen molar-refractivity contribution in [1.29, 1.82) is 0 Å². The molecule has 0 saturated heterocycles. The first-order valence-electron chi connectivity index (χ1n) is 5.57. The highest BCUT2D eigenvalue weighted by atomic mass is 16.5. The number of aliphatic hydroxyl groups excluding tert-OH is 1. The normalized spacial score (nSPS) is 14.7. The van der Waals surface area contributed by atoms with Crippen LogP contribution in [0.25, 0.3) is 0 Å². The van der Waals surface area contributed by atoms with E-state index in [9.17, 15) is 4.79 Å². The number of carbonyl (C=O) groups excluding carboxylic acids is 1. The fraction of sp³-hybridized carbons (Fsp3) is 0.909. The number of hydrogen-bond donors (Lipinski definition) is 2. The number of aliphatic hydroxyl groups is 1. The highest BCUT2D eigenvalue weighted by Gasteiger charge is 2.10. The number of carbonyl (C=O) groups is 1. The molecule has 0 saturated carbocycles. The largest absolute Gasteiger partial charge is 0.396 e. The van der Waals surface area contributed by atoms with E-state index >= 15 is 0 Å². The summed E-state index contributed by atoms with van der Waals surface area (Å²) >= 11 is 0. The molecule has 0 rings (SSSR count). The Morgan fingerprint density at radius 2 is 2.13 bits per heavy atom. The van der Waals surface area contributed by atoms with E-state index in [4.69, 9.17) is 9.84 Å². The van der Waals surface area contributed by atoms with Gasteiger partial charge in [-0.25, -0.2) is 0 Å². The lowest BCUT2D eigenvalue weighted by Gasteiger charge is -2.16. The first-order valence-corrected chi connectivity index (χ1v) is 5.57. The van der Waals surface area contributed by atoms with E-state index in [2.05, 4.69) is 5.32 Å². The van der Waals surface area contributed by atoms with E-state index in [1.54, 1.807) is 7.11 Å². The standard InChI is InChI=1S/C11H23NO3/c1-4-10(7-8-13)12-11(14)6-5-9(2)15-3/h9-10,13H,4-8H2,1-3H3,(H,12,14). The van der Waals surface area contributed by atoms with Crippen LogP contribution in [0.4, 0.5) is 0 Å². The fourth-order valence-electron chi connectivity index (χ4n) is 1.29. The Labute approximate surface area is 92.0 Å². The Morgan fingerprint density at radius 3 is 2.60 bits per heavy atom. The van der Waals surface area contributed by atoms with Crippen molar-refractivity contribution in [2.45, 2.75) is 51.7 Å². The predicted molar refractivity (Wildman–Crippen MR) is 59.6 cm³/mol. The number of ether oxygens (including phenoxy) is 1. The highest BCUT2D eigenvalue weighted by Crippen LogP contribution is 2.02. The van der Waals surface area contributed by atoms with Gasteiger partial charge in [-0.3, -0.25) is 4.79 Å². The summed E-state index contributed by atoms with van der Waals surface area (Å²) < 4.78 is 5.06. The maximum Gasteiger partial charge on any atom is 0.220 e. The van der Waals surface area contributed by atoms with Gasteiger partial charge in [0.05, 0.1) is 6.10 Å². The quantitative estimate of drug-likeness (QED) is 0.639. The van der Waals surface area contributed by atoms with Gasteiger partial charge in [0, 0.05) is 26.2 Å². The third kappa shape index (κ3) is 7.33. The van der Waals surface area contributed by atoms with Crippen LogP contribution in [0, 0.1) is 0 Å². The molecular formula is C11H23NO3. The van der Waals surface area contributed by atoms with Crippen molar-refractivity contribution in [3.63, 3.8) is 0 Å². The zero-order chi connectivity index (χ0) is 11.7. The molecule has 2 unspecified atom stereocenters. The summed E-state index contributed by atoms with van der Waals surface area (Å²) in [5.74, 6) is 0.0409. The maximum absolute atomic E-state index is 11.5.